The Hall–Kier alpha value is 0.570. The number of rotatable bonds is 2. The largest absolute Gasteiger partial charge is 0.231 e. The predicted molar refractivity (Wildman–Crippen MR) is 97.0 cm³/mol. The van der Waals surface area contributed by atoms with Gasteiger partial charge < -0.3 is 0 Å². The minimum Gasteiger partial charge on any atom is -0.231 e. The molecule has 106 valence electrons. The summed E-state index contributed by atoms with van der Waals surface area (Å²) in [6, 6.07) is 1.95. The molecule has 2 aromatic rings. The summed E-state index contributed by atoms with van der Waals surface area (Å²) >= 11 is 19.5. The number of aromatic nitrogens is 2. The van der Waals surface area contributed by atoms with Gasteiger partial charge in [0.2, 0.25) is 0 Å². The summed E-state index contributed by atoms with van der Waals surface area (Å²) < 4.78 is 2.57. The molecule has 0 N–H and O–H groups in total. The van der Waals surface area contributed by atoms with Crippen molar-refractivity contribution in [2.45, 2.75) is 31.6 Å². The van der Waals surface area contributed by atoms with Crippen molar-refractivity contribution in [3.05, 3.63) is 29.3 Å². The van der Waals surface area contributed by atoms with Crippen LogP contribution in [-0.4, -0.2) is 9.97 Å². The lowest BCUT2D eigenvalue weighted by Crippen LogP contribution is -2.04. The summed E-state index contributed by atoms with van der Waals surface area (Å²) in [7, 11) is 0. The van der Waals surface area contributed by atoms with Crippen molar-refractivity contribution in [3.63, 3.8) is 0 Å². The first-order valence-electron chi connectivity index (χ1n) is 6.24. The number of hydrogen-bond acceptors (Lipinski definition) is 3. The molecule has 2 aromatic heterocycles. The number of nitrogens with zero attached hydrogens (tertiary/aromatic N) is 2. The van der Waals surface area contributed by atoms with Crippen LogP contribution in [0.5, 0.6) is 0 Å². The third-order valence-electron chi connectivity index (χ3n) is 3.44. The maximum absolute atomic E-state index is 6.30. The van der Waals surface area contributed by atoms with Gasteiger partial charge in [-0.15, -0.1) is 11.3 Å². The fourth-order valence-corrected chi connectivity index (χ4v) is 4.97. The maximum atomic E-state index is 6.30. The highest BCUT2D eigenvalue weighted by molar-refractivity contribution is 14.1. The summed E-state index contributed by atoms with van der Waals surface area (Å²) in [6.45, 7) is 0. The molecule has 1 saturated carbocycles. The molecule has 0 atom stereocenters. The van der Waals surface area contributed by atoms with Crippen LogP contribution in [0.15, 0.2) is 10.5 Å². The molecule has 0 spiro atoms. The molecule has 3 rings (SSSR count). The van der Waals surface area contributed by atoms with E-state index in [2.05, 4.69) is 43.5 Å². The van der Waals surface area contributed by atoms with Gasteiger partial charge in [-0.05, 0) is 57.4 Å². The first kappa shape index (κ1) is 15.5. The molecule has 2 nitrogen and oxygen atoms in total. The van der Waals surface area contributed by atoms with Crippen molar-refractivity contribution < 1.29 is 0 Å². The molecule has 0 saturated heterocycles. The Morgan fingerprint density at radius 3 is 2.55 bits per heavy atom. The molecule has 1 aliphatic carbocycles. The third kappa shape index (κ3) is 3.02. The molecule has 1 aliphatic rings. The molecule has 0 aliphatic heterocycles. The Balaban J connectivity index is 2.08. The Morgan fingerprint density at radius 1 is 1.25 bits per heavy atom. The Kier molecular flexibility index (Phi) is 4.92. The molecule has 0 amide bonds. The van der Waals surface area contributed by atoms with Crippen LogP contribution in [-0.2, 0) is 0 Å². The second-order valence-electron chi connectivity index (χ2n) is 4.75. The van der Waals surface area contributed by atoms with Gasteiger partial charge in [0.1, 0.15) is 9.49 Å². The first-order chi connectivity index (χ1) is 9.56. The van der Waals surface area contributed by atoms with E-state index < -0.39 is 0 Å². The molecule has 1 fully saturated rings. The average Bonchev–Trinajstić information content (AvgIpc) is 3.04. The van der Waals surface area contributed by atoms with Gasteiger partial charge >= 0.3 is 0 Å². The Bertz CT molecular complexity index is 637. The fourth-order valence-electron chi connectivity index (χ4n) is 2.47. The molecule has 0 bridgehead atoms. The number of halogens is 4. The van der Waals surface area contributed by atoms with Crippen LogP contribution in [0.4, 0.5) is 0 Å². The Labute approximate surface area is 153 Å². The van der Waals surface area contributed by atoms with Gasteiger partial charge in [0.15, 0.2) is 5.82 Å². The van der Waals surface area contributed by atoms with E-state index in [0.717, 1.165) is 18.6 Å². The predicted octanol–water partition coefficient (Wildman–Crippen LogP) is 6.54. The zero-order chi connectivity index (χ0) is 14.3. The quantitative estimate of drug-likeness (QED) is 0.343. The van der Waals surface area contributed by atoms with Crippen molar-refractivity contribution >= 4 is 73.1 Å². The summed E-state index contributed by atoms with van der Waals surface area (Å²) in [5.74, 6) is 1.19. The van der Waals surface area contributed by atoms with Crippen molar-refractivity contribution in [1.82, 2.24) is 9.97 Å². The lowest BCUT2D eigenvalue weighted by atomic mass is 10.0. The third-order valence-corrected chi connectivity index (χ3v) is 7.57. The van der Waals surface area contributed by atoms with Crippen LogP contribution in [0.2, 0.25) is 9.49 Å². The highest BCUT2D eigenvalue weighted by Crippen LogP contribution is 2.40. The van der Waals surface area contributed by atoms with Crippen LogP contribution < -0.4 is 0 Å². The van der Waals surface area contributed by atoms with Crippen molar-refractivity contribution in [2.24, 2.45) is 0 Å². The Morgan fingerprint density at radius 2 is 1.95 bits per heavy atom. The molecule has 0 unspecified atom stereocenters. The summed E-state index contributed by atoms with van der Waals surface area (Å²) in [5, 5.41) is 0.540. The van der Waals surface area contributed by atoms with E-state index in [1.807, 2.05) is 6.07 Å². The second-order valence-corrected chi connectivity index (χ2v) is 8.70. The molecule has 0 aromatic carbocycles. The average molecular weight is 504 g/mol. The van der Waals surface area contributed by atoms with Crippen molar-refractivity contribution in [2.75, 3.05) is 0 Å². The maximum Gasteiger partial charge on any atom is 0.171 e. The molecule has 2 heterocycles. The van der Waals surface area contributed by atoms with Gasteiger partial charge in [0.25, 0.3) is 0 Å². The van der Waals surface area contributed by atoms with Crippen LogP contribution in [0.25, 0.3) is 10.7 Å². The van der Waals surface area contributed by atoms with Gasteiger partial charge in [-0.1, -0.05) is 36.0 Å². The second kappa shape index (κ2) is 6.36. The highest BCUT2D eigenvalue weighted by atomic mass is 127. The molecular formula is C13H10BrCl2IN2S. The molecule has 0 radical (unpaired) electrons. The smallest absolute Gasteiger partial charge is 0.171 e. The van der Waals surface area contributed by atoms with E-state index in [4.69, 9.17) is 28.2 Å². The van der Waals surface area contributed by atoms with Crippen molar-refractivity contribution in [1.29, 1.82) is 0 Å². The minimum atomic E-state index is 0.514. The summed E-state index contributed by atoms with van der Waals surface area (Å²) in [4.78, 5) is 10.1. The van der Waals surface area contributed by atoms with Crippen LogP contribution in [0.3, 0.4) is 0 Å². The monoisotopic (exact) mass is 502 g/mol. The van der Waals surface area contributed by atoms with Crippen LogP contribution in [0, 0.1) is 3.57 Å². The lowest BCUT2D eigenvalue weighted by Gasteiger charge is -2.12. The van der Waals surface area contributed by atoms with Crippen LogP contribution >= 0.6 is 73.1 Å². The zero-order valence-electron chi connectivity index (χ0n) is 10.3. The van der Waals surface area contributed by atoms with Gasteiger partial charge in [-0.25, -0.2) is 9.97 Å². The molecule has 7 heteroatoms. The molecular weight excluding hydrogens is 494 g/mol. The minimum absolute atomic E-state index is 0.514. The standard InChI is InChI=1S/C13H10BrCl2IN2S/c14-7-5-8(20-12(7)16)13-18-10(6-3-1-2-4-6)9(17)11(15)19-13/h5-6H,1-4H2. The van der Waals surface area contributed by atoms with E-state index in [0.29, 0.717) is 21.2 Å². The van der Waals surface area contributed by atoms with E-state index >= 15 is 0 Å². The van der Waals surface area contributed by atoms with Gasteiger partial charge in [0.05, 0.1) is 14.1 Å². The summed E-state index contributed by atoms with van der Waals surface area (Å²) in [6.07, 6.45) is 4.93. The van der Waals surface area contributed by atoms with Gasteiger partial charge in [-0.2, -0.15) is 0 Å². The fraction of sp³-hybridized carbons (Fsp3) is 0.385. The van der Waals surface area contributed by atoms with E-state index in [9.17, 15) is 0 Å². The SMILES string of the molecule is Clc1nc(-c2cc(Br)c(Cl)s2)nc(C2CCCC2)c1I. The van der Waals surface area contributed by atoms with Crippen LogP contribution in [0.1, 0.15) is 37.3 Å². The van der Waals surface area contributed by atoms with Gasteiger partial charge in [-0.3, -0.25) is 0 Å². The van der Waals surface area contributed by atoms with E-state index in [1.165, 1.54) is 37.0 Å². The van der Waals surface area contributed by atoms with E-state index in [1.54, 1.807) is 0 Å². The molecule has 20 heavy (non-hydrogen) atoms. The normalized spacial score (nSPS) is 16.0. The van der Waals surface area contributed by atoms with Gasteiger partial charge in [0, 0.05) is 10.4 Å². The lowest BCUT2D eigenvalue weighted by molar-refractivity contribution is 0.690. The number of thiophene rings is 1. The van der Waals surface area contributed by atoms with E-state index in [-0.39, 0.29) is 0 Å². The summed E-state index contributed by atoms with van der Waals surface area (Å²) in [5.41, 5.74) is 1.10. The number of hydrogen-bond donors (Lipinski definition) is 0. The zero-order valence-corrected chi connectivity index (χ0v) is 16.4. The first-order valence-corrected chi connectivity index (χ1v) is 9.69. The topological polar surface area (TPSA) is 25.8 Å². The highest BCUT2D eigenvalue weighted by Gasteiger charge is 2.24. The van der Waals surface area contributed by atoms with Crippen molar-refractivity contribution in [3.8, 4) is 10.7 Å².